The van der Waals surface area contributed by atoms with Gasteiger partial charge in [0.2, 0.25) is 5.91 Å². The fourth-order valence-corrected chi connectivity index (χ4v) is 1.01. The van der Waals surface area contributed by atoms with Gasteiger partial charge in [0.05, 0.1) is 6.10 Å². The van der Waals surface area contributed by atoms with E-state index in [0.29, 0.717) is 6.54 Å². The number of carboxylic acid groups (broad SMARTS) is 1. The molecule has 0 aliphatic carbocycles. The van der Waals surface area contributed by atoms with Crippen molar-refractivity contribution >= 4 is 11.9 Å². The normalized spacial score (nSPS) is 14.3. The third-order valence-corrected chi connectivity index (χ3v) is 1.84. The molecule has 0 heterocycles. The number of amides is 1. The number of hydrogen-bond donors (Lipinski definition) is 4. The van der Waals surface area contributed by atoms with Gasteiger partial charge in [0.15, 0.2) is 6.04 Å². The minimum atomic E-state index is -1.24. The summed E-state index contributed by atoms with van der Waals surface area (Å²) in [6, 6.07) is -1.24. The van der Waals surface area contributed by atoms with Crippen molar-refractivity contribution in [3.8, 4) is 0 Å². The highest BCUT2D eigenvalue weighted by Gasteiger charge is 2.24. The zero-order valence-electron chi connectivity index (χ0n) is 8.99. The third kappa shape index (κ3) is 6.03. The average Bonchev–Trinajstić information content (AvgIpc) is 2.13. The number of aliphatic hydroxyl groups excluding tert-OH is 1. The Balaban J connectivity index is 3.95. The van der Waals surface area contributed by atoms with Crippen LogP contribution in [-0.4, -0.2) is 47.3 Å². The van der Waals surface area contributed by atoms with E-state index in [0.717, 1.165) is 6.54 Å². The molecular weight excluding hydrogens is 200 g/mol. The molecule has 2 atom stereocenters. The molecular formula is C9H18N2O4. The molecule has 4 N–H and O–H groups in total. The maximum Gasteiger partial charge on any atom is 0.328 e. The first-order chi connectivity index (χ1) is 6.99. The molecule has 0 unspecified atom stereocenters. The molecule has 88 valence electrons. The van der Waals surface area contributed by atoms with E-state index in [1.165, 1.54) is 6.92 Å². The molecule has 0 aliphatic rings. The van der Waals surface area contributed by atoms with Crippen LogP contribution < -0.4 is 10.6 Å². The van der Waals surface area contributed by atoms with Gasteiger partial charge in [-0.2, -0.15) is 0 Å². The molecule has 0 bridgehead atoms. The number of hydrogen-bond acceptors (Lipinski definition) is 4. The van der Waals surface area contributed by atoms with Crippen molar-refractivity contribution in [1.82, 2.24) is 10.6 Å². The topological polar surface area (TPSA) is 98.7 Å². The first-order valence-corrected chi connectivity index (χ1v) is 4.90. The van der Waals surface area contributed by atoms with E-state index < -0.39 is 18.1 Å². The van der Waals surface area contributed by atoms with Gasteiger partial charge in [0.1, 0.15) is 0 Å². The van der Waals surface area contributed by atoms with Crippen LogP contribution >= 0.6 is 0 Å². The standard InChI is InChI=1S/C9H18N2O4/c1-3-10-5-4-7(13)11-8(6(2)12)9(14)15/h6,8,10,12H,3-5H2,1-2H3,(H,11,13)(H,14,15)/t6-,8+/m1/s1. The molecule has 0 fully saturated rings. The summed E-state index contributed by atoms with van der Waals surface area (Å²) in [4.78, 5) is 21.8. The van der Waals surface area contributed by atoms with E-state index in [4.69, 9.17) is 10.2 Å². The summed E-state index contributed by atoms with van der Waals surface area (Å²) < 4.78 is 0. The van der Waals surface area contributed by atoms with Crippen LogP contribution in [0.25, 0.3) is 0 Å². The molecule has 0 saturated heterocycles. The minimum absolute atomic E-state index is 0.199. The van der Waals surface area contributed by atoms with Crippen molar-refractivity contribution in [3.63, 3.8) is 0 Å². The maximum absolute atomic E-state index is 11.2. The Morgan fingerprint density at radius 3 is 2.40 bits per heavy atom. The van der Waals surface area contributed by atoms with Crippen LogP contribution in [0.1, 0.15) is 20.3 Å². The lowest BCUT2D eigenvalue weighted by atomic mass is 10.2. The van der Waals surface area contributed by atoms with Crippen molar-refractivity contribution in [2.75, 3.05) is 13.1 Å². The van der Waals surface area contributed by atoms with Crippen molar-refractivity contribution in [2.24, 2.45) is 0 Å². The number of aliphatic carboxylic acids is 1. The van der Waals surface area contributed by atoms with Gasteiger partial charge in [0.25, 0.3) is 0 Å². The van der Waals surface area contributed by atoms with Gasteiger partial charge in [-0.05, 0) is 13.5 Å². The first-order valence-electron chi connectivity index (χ1n) is 4.90. The Morgan fingerprint density at radius 2 is 2.00 bits per heavy atom. The fraction of sp³-hybridized carbons (Fsp3) is 0.778. The summed E-state index contributed by atoms with van der Waals surface area (Å²) in [5, 5.41) is 23.0. The van der Waals surface area contributed by atoms with Gasteiger partial charge in [0, 0.05) is 13.0 Å². The smallest absolute Gasteiger partial charge is 0.328 e. The molecule has 0 spiro atoms. The van der Waals surface area contributed by atoms with E-state index in [2.05, 4.69) is 10.6 Å². The fourth-order valence-electron chi connectivity index (χ4n) is 1.01. The van der Waals surface area contributed by atoms with Gasteiger partial charge in [-0.15, -0.1) is 0 Å². The van der Waals surface area contributed by atoms with Crippen LogP contribution in [0.15, 0.2) is 0 Å². The lowest BCUT2D eigenvalue weighted by Crippen LogP contribution is -2.48. The largest absolute Gasteiger partial charge is 0.480 e. The number of nitrogens with one attached hydrogen (secondary N) is 2. The molecule has 0 aromatic carbocycles. The second-order valence-corrected chi connectivity index (χ2v) is 3.23. The van der Waals surface area contributed by atoms with Crippen LogP contribution in [-0.2, 0) is 9.59 Å². The van der Waals surface area contributed by atoms with Gasteiger partial charge in [-0.1, -0.05) is 6.92 Å². The monoisotopic (exact) mass is 218 g/mol. The van der Waals surface area contributed by atoms with Crippen LogP contribution in [0, 0.1) is 0 Å². The number of carbonyl (C=O) groups excluding carboxylic acids is 1. The third-order valence-electron chi connectivity index (χ3n) is 1.84. The van der Waals surface area contributed by atoms with Gasteiger partial charge < -0.3 is 20.8 Å². The highest BCUT2D eigenvalue weighted by atomic mass is 16.4. The summed E-state index contributed by atoms with van der Waals surface area (Å²) >= 11 is 0. The lowest BCUT2D eigenvalue weighted by molar-refractivity contribution is -0.144. The quantitative estimate of drug-likeness (QED) is 0.408. The maximum atomic E-state index is 11.2. The molecule has 0 rings (SSSR count). The van der Waals surface area contributed by atoms with E-state index in [1.54, 1.807) is 0 Å². The first kappa shape index (κ1) is 13.9. The summed E-state index contributed by atoms with van der Waals surface area (Å²) in [5.41, 5.74) is 0. The predicted molar refractivity (Wildman–Crippen MR) is 54.4 cm³/mol. The summed E-state index contributed by atoms with van der Waals surface area (Å²) in [7, 11) is 0. The zero-order chi connectivity index (χ0) is 11.8. The highest BCUT2D eigenvalue weighted by Crippen LogP contribution is 1.93. The molecule has 0 aromatic rings. The predicted octanol–water partition coefficient (Wildman–Crippen LogP) is -1.06. The SMILES string of the molecule is CCNCCC(=O)N[C@H](C(=O)O)[C@@H](C)O. The zero-order valence-corrected chi connectivity index (χ0v) is 8.99. The number of aliphatic hydroxyl groups is 1. The van der Waals surface area contributed by atoms with Crippen LogP contribution in [0.4, 0.5) is 0 Å². The Morgan fingerprint density at radius 1 is 1.40 bits per heavy atom. The Bertz CT molecular complexity index is 218. The second kappa shape index (κ2) is 7.19. The summed E-state index contributed by atoms with van der Waals surface area (Å²) in [5.74, 6) is -1.62. The average molecular weight is 218 g/mol. The number of carbonyl (C=O) groups is 2. The molecule has 0 aromatic heterocycles. The van der Waals surface area contributed by atoms with Crippen LogP contribution in [0.5, 0.6) is 0 Å². The lowest BCUT2D eigenvalue weighted by Gasteiger charge is -2.16. The van der Waals surface area contributed by atoms with Crippen molar-refractivity contribution < 1.29 is 19.8 Å². The number of rotatable bonds is 7. The molecule has 0 aliphatic heterocycles. The molecule has 0 saturated carbocycles. The summed E-state index contributed by atoms with van der Waals surface area (Å²) in [6.07, 6.45) is -0.907. The van der Waals surface area contributed by atoms with E-state index >= 15 is 0 Å². The van der Waals surface area contributed by atoms with Crippen molar-refractivity contribution in [3.05, 3.63) is 0 Å². The Hall–Kier alpha value is -1.14. The molecule has 15 heavy (non-hydrogen) atoms. The van der Waals surface area contributed by atoms with Gasteiger partial charge in [-0.3, -0.25) is 4.79 Å². The number of carboxylic acids is 1. The summed E-state index contributed by atoms with van der Waals surface area (Å²) in [6.45, 7) is 4.48. The molecule has 6 nitrogen and oxygen atoms in total. The van der Waals surface area contributed by atoms with Crippen molar-refractivity contribution in [2.45, 2.75) is 32.4 Å². The van der Waals surface area contributed by atoms with Crippen LogP contribution in [0.3, 0.4) is 0 Å². The minimum Gasteiger partial charge on any atom is -0.480 e. The van der Waals surface area contributed by atoms with Crippen LogP contribution in [0.2, 0.25) is 0 Å². The van der Waals surface area contributed by atoms with Crippen molar-refractivity contribution in [1.29, 1.82) is 0 Å². The Labute approximate surface area is 88.7 Å². The van der Waals surface area contributed by atoms with E-state index in [1.807, 2.05) is 6.92 Å². The Kier molecular flexibility index (Phi) is 6.64. The van der Waals surface area contributed by atoms with Gasteiger partial charge in [-0.25, -0.2) is 4.79 Å². The van der Waals surface area contributed by atoms with E-state index in [9.17, 15) is 9.59 Å². The molecule has 0 radical (unpaired) electrons. The molecule has 1 amide bonds. The molecule has 6 heteroatoms. The van der Waals surface area contributed by atoms with Gasteiger partial charge >= 0.3 is 5.97 Å². The second-order valence-electron chi connectivity index (χ2n) is 3.23. The highest BCUT2D eigenvalue weighted by molar-refractivity contribution is 5.83. The van der Waals surface area contributed by atoms with E-state index in [-0.39, 0.29) is 12.3 Å².